The molecule has 1 saturated heterocycles. The van der Waals surface area contributed by atoms with Crippen molar-refractivity contribution in [3.63, 3.8) is 0 Å². The number of likely N-dealkylation sites (N-methyl/N-ethyl adjacent to an activating group) is 1. The molecule has 1 amide bonds. The van der Waals surface area contributed by atoms with Crippen LogP contribution in [-0.4, -0.2) is 63.2 Å². The summed E-state index contributed by atoms with van der Waals surface area (Å²) in [6, 6.07) is 8.81. The highest BCUT2D eigenvalue weighted by Crippen LogP contribution is 2.57. The minimum Gasteiger partial charge on any atom is -0.368 e. The molecule has 3 fully saturated rings. The summed E-state index contributed by atoms with van der Waals surface area (Å²) in [4.78, 5) is 19.1. The fraction of sp³-hybridized carbons (Fsp3) is 0.483. The molecule has 0 N–H and O–H groups in total. The van der Waals surface area contributed by atoms with E-state index in [4.69, 9.17) is 11.6 Å². The summed E-state index contributed by atoms with van der Waals surface area (Å²) in [6.07, 6.45) is 3.55. The van der Waals surface area contributed by atoms with Crippen LogP contribution in [0.4, 0.5) is 14.5 Å². The maximum absolute atomic E-state index is 14.7. The zero-order chi connectivity index (χ0) is 27.3. The maximum atomic E-state index is 14.7. The lowest BCUT2D eigenvalue weighted by atomic mass is 9.57. The molecule has 2 aliphatic heterocycles. The van der Waals surface area contributed by atoms with Crippen LogP contribution >= 0.6 is 11.6 Å². The summed E-state index contributed by atoms with van der Waals surface area (Å²) in [5, 5.41) is 9.98. The lowest BCUT2D eigenvalue weighted by Crippen LogP contribution is -2.62. The zero-order valence-corrected chi connectivity index (χ0v) is 23.1. The van der Waals surface area contributed by atoms with Crippen LogP contribution in [0.15, 0.2) is 30.3 Å². The van der Waals surface area contributed by atoms with Crippen molar-refractivity contribution >= 4 is 23.2 Å². The van der Waals surface area contributed by atoms with Gasteiger partial charge in [-0.15, -0.1) is 10.2 Å². The van der Waals surface area contributed by atoms with Crippen molar-refractivity contribution in [2.75, 3.05) is 32.1 Å². The van der Waals surface area contributed by atoms with Crippen LogP contribution in [0.5, 0.6) is 0 Å². The summed E-state index contributed by atoms with van der Waals surface area (Å²) in [7, 11) is 3.62. The molecule has 39 heavy (non-hydrogen) atoms. The van der Waals surface area contributed by atoms with Gasteiger partial charge in [-0.05, 0) is 68.5 Å². The Balaban J connectivity index is 1.15. The zero-order valence-electron chi connectivity index (χ0n) is 22.3. The van der Waals surface area contributed by atoms with E-state index >= 15 is 0 Å². The molecule has 2 aliphatic carbocycles. The minimum atomic E-state index is -0.512. The van der Waals surface area contributed by atoms with Gasteiger partial charge < -0.3 is 9.80 Å². The van der Waals surface area contributed by atoms with Crippen molar-refractivity contribution < 1.29 is 13.6 Å². The van der Waals surface area contributed by atoms with E-state index in [1.54, 1.807) is 11.0 Å². The van der Waals surface area contributed by atoms with Crippen molar-refractivity contribution in [2.45, 2.75) is 57.2 Å². The molecule has 10 heteroatoms. The molecule has 0 bridgehead atoms. The number of aromatic nitrogens is 3. The van der Waals surface area contributed by atoms with Gasteiger partial charge in [0.1, 0.15) is 17.2 Å². The van der Waals surface area contributed by atoms with Gasteiger partial charge in [-0.2, -0.15) is 0 Å². The summed E-state index contributed by atoms with van der Waals surface area (Å²) < 4.78 is 30.6. The van der Waals surface area contributed by atoms with Gasteiger partial charge in [0, 0.05) is 55.6 Å². The van der Waals surface area contributed by atoms with E-state index < -0.39 is 17.2 Å². The smallest absolute Gasteiger partial charge is 0.242 e. The molecular weight excluding hydrogens is 522 g/mol. The third-order valence-electron chi connectivity index (χ3n) is 9.28. The Labute approximate surface area is 231 Å². The van der Waals surface area contributed by atoms with Crippen LogP contribution in [0.1, 0.15) is 54.4 Å². The number of carbonyl (C=O) groups is 1. The molecule has 2 saturated carbocycles. The van der Waals surface area contributed by atoms with Crippen molar-refractivity contribution in [1.82, 2.24) is 24.6 Å². The summed E-state index contributed by atoms with van der Waals surface area (Å²) >= 11 is 6.43. The first-order valence-corrected chi connectivity index (χ1v) is 13.9. The van der Waals surface area contributed by atoms with Gasteiger partial charge in [-0.25, -0.2) is 8.78 Å². The first kappa shape index (κ1) is 25.0. The first-order chi connectivity index (χ1) is 18.6. The highest BCUT2D eigenvalue weighted by atomic mass is 35.5. The van der Waals surface area contributed by atoms with Gasteiger partial charge in [0.2, 0.25) is 5.91 Å². The molecule has 2 aromatic carbocycles. The van der Waals surface area contributed by atoms with Crippen molar-refractivity contribution in [1.29, 1.82) is 0 Å². The second kappa shape index (κ2) is 8.48. The number of nitrogens with zero attached hydrogens (tertiary/aromatic N) is 6. The quantitative estimate of drug-likeness (QED) is 0.464. The largest absolute Gasteiger partial charge is 0.368 e. The SMILES string of the molecule is Cc1c(F)ccc(N2CC3(CC(c4nnc5n4-c4ccc(Cl)cc4CN(C4(C(=O)N(C)C)CC4)C5)C3)C2)c1F. The van der Waals surface area contributed by atoms with Gasteiger partial charge in [0.25, 0.3) is 0 Å². The fourth-order valence-corrected chi connectivity index (χ4v) is 7.24. The molecule has 7 rings (SSSR count). The molecule has 7 nitrogen and oxygen atoms in total. The fourth-order valence-electron chi connectivity index (χ4n) is 7.04. The second-order valence-electron chi connectivity index (χ2n) is 12.1. The molecule has 1 aromatic heterocycles. The van der Waals surface area contributed by atoms with E-state index in [-0.39, 0.29) is 22.8 Å². The van der Waals surface area contributed by atoms with Crippen LogP contribution in [0, 0.1) is 24.0 Å². The summed E-state index contributed by atoms with van der Waals surface area (Å²) in [5.74, 6) is 1.16. The van der Waals surface area contributed by atoms with Crippen LogP contribution < -0.4 is 4.90 Å². The van der Waals surface area contributed by atoms with Crippen LogP contribution in [0.3, 0.4) is 0 Å². The molecular formula is C29H31ClF2N6O. The number of hydrogen-bond acceptors (Lipinski definition) is 5. The van der Waals surface area contributed by atoms with Crippen LogP contribution in [0.25, 0.3) is 5.69 Å². The van der Waals surface area contributed by atoms with E-state index in [1.807, 2.05) is 37.2 Å². The molecule has 0 radical (unpaired) electrons. The minimum absolute atomic E-state index is 0.0687. The van der Waals surface area contributed by atoms with Gasteiger partial charge in [0.05, 0.1) is 17.9 Å². The molecule has 4 aliphatic rings. The highest BCUT2D eigenvalue weighted by Gasteiger charge is 2.57. The van der Waals surface area contributed by atoms with E-state index in [9.17, 15) is 13.6 Å². The van der Waals surface area contributed by atoms with Crippen molar-refractivity contribution in [2.24, 2.45) is 5.41 Å². The predicted octanol–water partition coefficient (Wildman–Crippen LogP) is 4.83. The monoisotopic (exact) mass is 552 g/mol. The third kappa shape index (κ3) is 3.73. The molecule has 3 heterocycles. The van der Waals surface area contributed by atoms with Crippen LogP contribution in [-0.2, 0) is 17.9 Å². The number of benzene rings is 2. The Kier molecular flexibility index (Phi) is 5.43. The molecule has 204 valence electrons. The Morgan fingerprint density at radius 2 is 1.77 bits per heavy atom. The van der Waals surface area contributed by atoms with Gasteiger partial charge >= 0.3 is 0 Å². The lowest BCUT2D eigenvalue weighted by molar-refractivity contribution is -0.136. The topological polar surface area (TPSA) is 57.5 Å². The number of amides is 1. The van der Waals surface area contributed by atoms with Gasteiger partial charge in [-0.3, -0.25) is 14.3 Å². The number of fused-ring (bicyclic) bond motifs is 3. The van der Waals surface area contributed by atoms with Crippen LogP contribution in [0.2, 0.25) is 5.02 Å². The average molecular weight is 553 g/mol. The Hall–Kier alpha value is -3.04. The third-order valence-corrected chi connectivity index (χ3v) is 9.52. The number of hydrogen-bond donors (Lipinski definition) is 0. The average Bonchev–Trinajstić information content (AvgIpc) is 3.59. The Bertz CT molecular complexity index is 1500. The Morgan fingerprint density at radius 3 is 2.46 bits per heavy atom. The summed E-state index contributed by atoms with van der Waals surface area (Å²) in [5.41, 5.74) is 2.23. The predicted molar refractivity (Wildman–Crippen MR) is 144 cm³/mol. The van der Waals surface area contributed by atoms with E-state index in [1.165, 1.54) is 13.0 Å². The summed E-state index contributed by atoms with van der Waals surface area (Å²) in [6.45, 7) is 4.13. The Morgan fingerprint density at radius 1 is 1.05 bits per heavy atom. The maximum Gasteiger partial charge on any atom is 0.242 e. The van der Waals surface area contributed by atoms with Crippen molar-refractivity contribution in [3.8, 4) is 5.69 Å². The number of anilines is 1. The normalized spacial score (nSPS) is 21.0. The molecule has 0 atom stereocenters. The van der Waals surface area contributed by atoms with E-state index in [0.29, 0.717) is 23.8 Å². The first-order valence-electron chi connectivity index (χ1n) is 13.5. The van der Waals surface area contributed by atoms with E-state index in [2.05, 4.69) is 19.7 Å². The molecule has 0 unspecified atom stereocenters. The number of rotatable bonds is 4. The number of carbonyl (C=O) groups excluding carboxylic acids is 1. The van der Waals surface area contributed by atoms with Gasteiger partial charge in [-0.1, -0.05) is 11.6 Å². The molecule has 1 spiro atoms. The second-order valence-corrected chi connectivity index (χ2v) is 12.6. The van der Waals surface area contributed by atoms with Crippen molar-refractivity contribution in [3.05, 3.63) is 69.8 Å². The number of halogens is 3. The lowest BCUT2D eigenvalue weighted by Gasteiger charge is -2.59. The highest BCUT2D eigenvalue weighted by molar-refractivity contribution is 6.30. The standard InChI is InChI=1S/C29H31ClF2N6O/c1-17-21(31)5-7-23(25(17)32)36-15-28(16-36)11-19(12-28)26-34-33-24-14-37(29(8-9-29)27(39)35(2)3)13-18-10-20(30)4-6-22(18)38(24)26/h4-7,10,19H,8-9,11-16H2,1-3H3. The molecule has 3 aromatic rings. The van der Waals surface area contributed by atoms with E-state index in [0.717, 1.165) is 61.7 Å². The van der Waals surface area contributed by atoms with Gasteiger partial charge in [0.15, 0.2) is 11.6 Å².